The maximum atomic E-state index is 13.9. The van der Waals surface area contributed by atoms with Gasteiger partial charge >= 0.3 is 37.1 Å². The SMILES string of the molecule is CCCC[B-](c1cc(C(F)(F)F)cc(C(F)(F)F)c1)(c1cc(C(F)(F)F)cc(C(F)(F)F)c1)c1cc(C(F)(F)F)cc(C(F)(F)F)c1. The average molecular weight is 707 g/mol. The lowest BCUT2D eigenvalue weighted by atomic mass is 9.13. The van der Waals surface area contributed by atoms with Crippen LogP contribution in [0.25, 0.3) is 0 Å². The summed E-state index contributed by atoms with van der Waals surface area (Å²) >= 11 is 0. The van der Waals surface area contributed by atoms with Crippen LogP contribution in [0.1, 0.15) is 53.1 Å². The molecule has 3 aromatic rings. The van der Waals surface area contributed by atoms with Gasteiger partial charge in [-0.2, -0.15) is 102 Å². The molecule has 0 bridgehead atoms. The Kier molecular flexibility index (Phi) is 9.82. The molecule has 0 saturated heterocycles. The summed E-state index contributed by atoms with van der Waals surface area (Å²) in [5, 5.41) is 0. The van der Waals surface area contributed by atoms with Crippen molar-refractivity contribution in [2.24, 2.45) is 0 Å². The Labute approximate surface area is 253 Å². The zero-order valence-electron chi connectivity index (χ0n) is 23.2. The molecule has 0 aliphatic carbocycles. The van der Waals surface area contributed by atoms with Gasteiger partial charge in [-0.25, -0.2) is 0 Å². The molecular formula is C28H18BF18-. The molecule has 0 aliphatic rings. The molecule has 260 valence electrons. The molecular weight excluding hydrogens is 689 g/mol. The molecule has 47 heavy (non-hydrogen) atoms. The normalized spacial score (nSPS) is 14.1. The van der Waals surface area contributed by atoms with E-state index in [0.29, 0.717) is 0 Å². The third kappa shape index (κ3) is 8.31. The van der Waals surface area contributed by atoms with Gasteiger partial charge < -0.3 is 0 Å². The molecule has 0 nitrogen and oxygen atoms in total. The lowest BCUT2D eigenvalue weighted by Crippen LogP contribution is -2.67. The molecule has 0 fully saturated rings. The molecule has 3 rings (SSSR count). The zero-order chi connectivity index (χ0) is 36.2. The van der Waals surface area contributed by atoms with Crippen LogP contribution in [-0.2, 0) is 37.1 Å². The lowest BCUT2D eigenvalue weighted by molar-refractivity contribution is -0.144. The van der Waals surface area contributed by atoms with Crippen molar-refractivity contribution < 1.29 is 79.0 Å². The van der Waals surface area contributed by atoms with Gasteiger partial charge in [0.2, 0.25) is 0 Å². The maximum Gasteiger partial charge on any atom is 0.416 e. The van der Waals surface area contributed by atoms with Crippen molar-refractivity contribution in [2.45, 2.75) is 63.1 Å². The fraction of sp³-hybridized carbons (Fsp3) is 0.357. The van der Waals surface area contributed by atoms with Crippen LogP contribution in [0, 0.1) is 0 Å². The molecule has 0 aliphatic heterocycles. The Bertz CT molecular complexity index is 1300. The van der Waals surface area contributed by atoms with Gasteiger partial charge in [-0.15, -0.1) is 0 Å². The van der Waals surface area contributed by atoms with Gasteiger partial charge in [0.1, 0.15) is 0 Å². The van der Waals surface area contributed by atoms with E-state index in [9.17, 15) is 79.0 Å². The first-order valence-electron chi connectivity index (χ1n) is 13.1. The van der Waals surface area contributed by atoms with E-state index in [2.05, 4.69) is 0 Å². The summed E-state index contributed by atoms with van der Waals surface area (Å²) in [5.41, 5.74) is -17.2. The van der Waals surface area contributed by atoms with E-state index in [4.69, 9.17) is 0 Å². The molecule has 0 N–H and O–H groups in total. The molecule has 0 saturated carbocycles. The van der Waals surface area contributed by atoms with Gasteiger partial charge in [-0.3, -0.25) is 0 Å². The van der Waals surface area contributed by atoms with E-state index in [-0.39, 0.29) is 42.8 Å². The van der Waals surface area contributed by atoms with Crippen LogP contribution in [0.2, 0.25) is 6.32 Å². The number of benzene rings is 3. The van der Waals surface area contributed by atoms with Crippen LogP contribution in [-0.4, -0.2) is 6.15 Å². The number of halogens is 18. The Balaban J connectivity index is 2.79. The van der Waals surface area contributed by atoms with Gasteiger partial charge in [-0.1, -0.05) is 56.2 Å². The molecule has 19 heteroatoms. The van der Waals surface area contributed by atoms with Crippen molar-refractivity contribution in [3.63, 3.8) is 0 Å². The molecule has 3 aromatic carbocycles. The molecule has 0 unspecified atom stereocenters. The topological polar surface area (TPSA) is 0 Å². The highest BCUT2D eigenvalue weighted by molar-refractivity contribution is 7.11. The highest BCUT2D eigenvalue weighted by atomic mass is 19.4. The molecule has 0 amide bonds. The van der Waals surface area contributed by atoms with E-state index in [0.717, 1.165) is 0 Å². The molecule has 0 heterocycles. The van der Waals surface area contributed by atoms with Crippen LogP contribution in [0.15, 0.2) is 54.6 Å². The standard InChI is InChI=1S/C28H18BF18/c1-2-3-4-29(20-8-14(23(30,31)32)5-15(9-20)24(33,34)35,21-10-16(25(36,37)38)6-17(11-21)26(39,40)41)22-12-18(27(42,43)44)7-19(13-22)28(45,46)47/h5-13H,2-4H2,1H3/q-1. The monoisotopic (exact) mass is 707 g/mol. The third-order valence-corrected chi connectivity index (χ3v) is 7.53. The third-order valence-electron chi connectivity index (χ3n) is 7.53. The van der Waals surface area contributed by atoms with Crippen molar-refractivity contribution in [3.05, 3.63) is 88.0 Å². The van der Waals surface area contributed by atoms with Gasteiger partial charge in [-0.05, 0) is 18.2 Å². The average Bonchev–Trinajstić information content (AvgIpc) is 2.90. The van der Waals surface area contributed by atoms with Crippen LogP contribution in [0.3, 0.4) is 0 Å². The maximum absolute atomic E-state index is 13.9. The van der Waals surface area contributed by atoms with Crippen LogP contribution >= 0.6 is 0 Å². The highest BCUT2D eigenvalue weighted by Gasteiger charge is 2.44. The minimum absolute atomic E-state index is 0.133. The summed E-state index contributed by atoms with van der Waals surface area (Å²) < 4.78 is 250. The number of hydrogen-bond donors (Lipinski definition) is 0. The van der Waals surface area contributed by atoms with E-state index >= 15 is 0 Å². The first-order chi connectivity index (χ1) is 21.0. The molecule has 0 spiro atoms. The second-order valence-corrected chi connectivity index (χ2v) is 10.7. The fourth-order valence-electron chi connectivity index (χ4n) is 5.38. The predicted molar refractivity (Wildman–Crippen MR) is 134 cm³/mol. The number of unbranched alkanes of at least 4 members (excludes halogenated alkanes) is 1. The van der Waals surface area contributed by atoms with Crippen LogP contribution in [0.4, 0.5) is 79.0 Å². The minimum Gasteiger partial charge on any atom is -0.199 e. The summed E-state index contributed by atoms with van der Waals surface area (Å²) in [4.78, 5) is 0. The predicted octanol–water partition coefficient (Wildman–Crippen LogP) is 10.1. The zero-order valence-corrected chi connectivity index (χ0v) is 23.2. The van der Waals surface area contributed by atoms with Crippen molar-refractivity contribution in [3.8, 4) is 0 Å². The second-order valence-electron chi connectivity index (χ2n) is 10.7. The van der Waals surface area contributed by atoms with Crippen LogP contribution < -0.4 is 16.4 Å². The first kappa shape index (κ1) is 37.9. The van der Waals surface area contributed by atoms with Gasteiger partial charge in [0.15, 0.2) is 0 Å². The van der Waals surface area contributed by atoms with Crippen molar-refractivity contribution in [2.75, 3.05) is 0 Å². The van der Waals surface area contributed by atoms with E-state index in [1.54, 1.807) is 0 Å². The fourth-order valence-corrected chi connectivity index (χ4v) is 5.38. The van der Waals surface area contributed by atoms with E-state index in [1.165, 1.54) is 6.92 Å². The summed E-state index contributed by atoms with van der Waals surface area (Å²) in [5.74, 6) is 0. The van der Waals surface area contributed by atoms with E-state index < -0.39 is 124 Å². The van der Waals surface area contributed by atoms with Crippen molar-refractivity contribution >= 4 is 22.5 Å². The Morgan fingerprint density at radius 2 is 0.553 bits per heavy atom. The van der Waals surface area contributed by atoms with Gasteiger partial charge in [0.05, 0.1) is 39.5 Å². The number of alkyl halides is 18. The number of hydrogen-bond acceptors (Lipinski definition) is 0. The minimum atomic E-state index is -5.68. The van der Waals surface area contributed by atoms with Gasteiger partial charge in [0, 0.05) is 0 Å². The van der Waals surface area contributed by atoms with Crippen molar-refractivity contribution in [1.29, 1.82) is 0 Å². The van der Waals surface area contributed by atoms with Crippen molar-refractivity contribution in [1.82, 2.24) is 0 Å². The van der Waals surface area contributed by atoms with Gasteiger partial charge in [0.25, 0.3) is 0 Å². The van der Waals surface area contributed by atoms with Crippen LogP contribution in [0.5, 0.6) is 0 Å². The Morgan fingerprint density at radius 3 is 0.702 bits per heavy atom. The summed E-state index contributed by atoms with van der Waals surface area (Å²) in [6, 6.07) is -2.20. The highest BCUT2D eigenvalue weighted by Crippen LogP contribution is 2.40. The molecule has 0 radical (unpaired) electrons. The second kappa shape index (κ2) is 12.2. The van der Waals surface area contributed by atoms with E-state index in [1.807, 2.05) is 0 Å². The number of rotatable bonds is 6. The first-order valence-corrected chi connectivity index (χ1v) is 13.1. The summed E-state index contributed by atoms with van der Waals surface area (Å²) in [6.45, 7) is 1.29. The summed E-state index contributed by atoms with van der Waals surface area (Å²) in [6.07, 6.45) is -40.2. The quantitative estimate of drug-likeness (QED) is 0.177. The summed E-state index contributed by atoms with van der Waals surface area (Å²) in [7, 11) is 0. The molecule has 0 atom stereocenters. The lowest BCUT2D eigenvalue weighted by Gasteiger charge is -2.45. The Hall–Kier alpha value is -3.54. The largest absolute Gasteiger partial charge is 0.416 e. The molecule has 0 aromatic heterocycles. The smallest absolute Gasteiger partial charge is 0.199 e. The Morgan fingerprint density at radius 1 is 0.362 bits per heavy atom.